The lowest BCUT2D eigenvalue weighted by Crippen LogP contribution is -2.41. The number of nitrogens with zero attached hydrogens (tertiary/aromatic N) is 4. The molecule has 1 saturated heterocycles. The molecule has 0 radical (unpaired) electrons. The first-order valence-electron chi connectivity index (χ1n) is 15.3. The molecule has 47 heavy (non-hydrogen) atoms. The van der Waals surface area contributed by atoms with E-state index in [1.165, 1.54) is 42.7 Å². The number of rotatable bonds is 7. The van der Waals surface area contributed by atoms with Crippen LogP contribution >= 0.6 is 0 Å². The largest absolute Gasteiger partial charge is 0.455 e. The number of carbonyl (C=O) groups is 2. The number of piperidine rings is 1. The van der Waals surface area contributed by atoms with Crippen LogP contribution < -0.4 is 9.62 Å². The minimum absolute atomic E-state index is 0.0450. The number of benzene rings is 3. The van der Waals surface area contributed by atoms with Crippen LogP contribution in [0.2, 0.25) is 0 Å². The number of hydrogen-bond acceptors (Lipinski definition) is 7. The summed E-state index contributed by atoms with van der Waals surface area (Å²) in [4.78, 5) is 32.3. The predicted molar refractivity (Wildman–Crippen MR) is 178 cm³/mol. The molecule has 1 N–H and O–H groups in total. The number of hydrogen-bond donors (Lipinski definition) is 1. The van der Waals surface area contributed by atoms with Crippen molar-refractivity contribution in [3.05, 3.63) is 72.3 Å². The predicted octanol–water partition coefficient (Wildman–Crippen LogP) is 6.19. The molecule has 1 aliphatic heterocycles. The average molecular weight is 662 g/mol. The van der Waals surface area contributed by atoms with Crippen LogP contribution in [0.1, 0.15) is 43.1 Å². The summed E-state index contributed by atoms with van der Waals surface area (Å²) in [5.41, 5.74) is 4.14. The molecular weight excluding hydrogens is 625 g/mol. The zero-order chi connectivity index (χ0) is 33.6. The van der Waals surface area contributed by atoms with Gasteiger partial charge in [-0.3, -0.25) is 9.10 Å². The molecule has 3 heterocycles. The van der Waals surface area contributed by atoms with Crippen molar-refractivity contribution in [3.63, 3.8) is 0 Å². The quantitative estimate of drug-likeness (QED) is 0.220. The van der Waals surface area contributed by atoms with Crippen LogP contribution in [-0.4, -0.2) is 74.4 Å². The van der Waals surface area contributed by atoms with Crippen LogP contribution in [0.4, 0.5) is 14.9 Å². The fourth-order valence-electron chi connectivity index (χ4n) is 6.07. The summed E-state index contributed by atoms with van der Waals surface area (Å²) in [5.74, 6) is -0.614. The highest BCUT2D eigenvalue weighted by atomic mass is 32.2. The second-order valence-electron chi connectivity index (χ2n) is 12.0. The molecule has 0 saturated carbocycles. The first-order chi connectivity index (χ1) is 22.3. The Balaban J connectivity index is 1.51. The second-order valence-corrected chi connectivity index (χ2v) is 14.0. The number of likely N-dealkylation sites (tertiary alicyclic amines) is 1. The minimum atomic E-state index is -3.71. The topological polar surface area (TPSA) is 127 Å². The fraction of sp³-hybridized carbons (Fsp3) is 0.324. The van der Waals surface area contributed by atoms with Crippen molar-refractivity contribution in [1.29, 1.82) is 0 Å². The lowest BCUT2D eigenvalue weighted by Gasteiger charge is -2.33. The van der Waals surface area contributed by atoms with Gasteiger partial charge >= 0.3 is 6.09 Å². The number of halogens is 1. The molecule has 0 bridgehead atoms. The standard InChI is InChI=1S/C34H36FN5O6S/c1-20(2)45-34(42)39-14-6-7-24(18-39)40-19-37-27-13-10-22(15-29(27)40)25-16-26-30(17-28(25)38(4)47(5,43)44)46-32(31(26)33(41)36-3)21-8-11-23(35)12-9-21/h8-13,15-17,19-20,24H,6-7,14,18H2,1-5H3,(H,36,41). The molecular formula is C34H36FN5O6S. The zero-order valence-electron chi connectivity index (χ0n) is 26.8. The number of aromatic nitrogens is 2. The van der Waals surface area contributed by atoms with E-state index in [9.17, 15) is 22.4 Å². The van der Waals surface area contributed by atoms with Gasteiger partial charge in [0, 0.05) is 49.8 Å². The van der Waals surface area contributed by atoms with E-state index in [-0.39, 0.29) is 29.6 Å². The van der Waals surface area contributed by atoms with E-state index in [1.54, 1.807) is 23.4 Å². The van der Waals surface area contributed by atoms with Crippen molar-refractivity contribution in [3.8, 4) is 22.5 Å². The maximum atomic E-state index is 13.8. The Hall–Kier alpha value is -4.91. The molecule has 13 heteroatoms. The molecule has 6 rings (SSSR count). The van der Waals surface area contributed by atoms with Gasteiger partial charge in [0.15, 0.2) is 0 Å². The van der Waals surface area contributed by atoms with Crippen molar-refractivity contribution in [2.75, 3.05) is 37.7 Å². The molecule has 246 valence electrons. The number of fused-ring (bicyclic) bond motifs is 2. The number of furan rings is 1. The minimum Gasteiger partial charge on any atom is -0.455 e. The lowest BCUT2D eigenvalue weighted by atomic mass is 9.98. The third kappa shape index (κ3) is 6.14. The third-order valence-electron chi connectivity index (χ3n) is 8.47. The maximum absolute atomic E-state index is 13.8. The van der Waals surface area contributed by atoms with Crippen LogP contribution in [0.25, 0.3) is 44.5 Å². The molecule has 11 nitrogen and oxygen atoms in total. The second kappa shape index (κ2) is 12.4. The third-order valence-corrected chi connectivity index (χ3v) is 9.67. The smallest absolute Gasteiger partial charge is 0.410 e. The van der Waals surface area contributed by atoms with Gasteiger partial charge in [0.2, 0.25) is 10.0 Å². The average Bonchev–Trinajstić information content (AvgIpc) is 3.64. The summed E-state index contributed by atoms with van der Waals surface area (Å²) in [6, 6.07) is 14.6. The molecule has 0 spiro atoms. The summed E-state index contributed by atoms with van der Waals surface area (Å²) in [6.45, 7) is 4.72. The number of ether oxygens (including phenoxy) is 1. The van der Waals surface area contributed by atoms with E-state index in [0.29, 0.717) is 46.4 Å². The van der Waals surface area contributed by atoms with Gasteiger partial charge in [-0.25, -0.2) is 22.6 Å². The first kappa shape index (κ1) is 32.0. The van der Waals surface area contributed by atoms with Crippen molar-refractivity contribution in [2.24, 2.45) is 0 Å². The van der Waals surface area contributed by atoms with Crippen molar-refractivity contribution < 1.29 is 31.6 Å². The van der Waals surface area contributed by atoms with Crippen molar-refractivity contribution in [2.45, 2.75) is 38.8 Å². The SMILES string of the molecule is CNC(=O)c1c(-c2ccc(F)cc2)oc2cc(N(C)S(C)(=O)=O)c(-c3ccc4ncn(C5CCCN(C(=O)OC(C)C)C5)c4c3)cc12. The van der Waals surface area contributed by atoms with Crippen LogP contribution in [0.3, 0.4) is 0 Å². The van der Waals surface area contributed by atoms with E-state index >= 15 is 0 Å². The number of sulfonamides is 1. The zero-order valence-corrected chi connectivity index (χ0v) is 27.6. The van der Waals surface area contributed by atoms with Crippen molar-refractivity contribution >= 4 is 49.7 Å². The molecule has 1 fully saturated rings. The van der Waals surface area contributed by atoms with Gasteiger partial charge in [0.25, 0.3) is 5.91 Å². The first-order valence-corrected chi connectivity index (χ1v) is 17.2. The van der Waals surface area contributed by atoms with Crippen molar-refractivity contribution in [1.82, 2.24) is 19.8 Å². The lowest BCUT2D eigenvalue weighted by molar-refractivity contribution is 0.0639. The Kier molecular flexibility index (Phi) is 8.43. The highest BCUT2D eigenvalue weighted by Crippen LogP contribution is 2.42. The number of anilines is 1. The Labute approximate surface area is 272 Å². The molecule has 0 aliphatic carbocycles. The van der Waals surface area contributed by atoms with Gasteiger partial charge in [0.05, 0.1) is 47.0 Å². The van der Waals surface area contributed by atoms with E-state index in [2.05, 4.69) is 10.3 Å². The van der Waals surface area contributed by atoms with Crippen LogP contribution in [0.5, 0.6) is 0 Å². The van der Waals surface area contributed by atoms with E-state index < -0.39 is 21.7 Å². The van der Waals surface area contributed by atoms with E-state index in [4.69, 9.17) is 9.15 Å². The molecule has 1 unspecified atom stereocenters. The molecule has 1 aliphatic rings. The number of carbonyl (C=O) groups excluding carboxylic acids is 2. The Morgan fingerprint density at radius 2 is 1.83 bits per heavy atom. The summed E-state index contributed by atoms with van der Waals surface area (Å²) >= 11 is 0. The number of nitrogens with one attached hydrogen (secondary N) is 1. The van der Waals surface area contributed by atoms with Gasteiger partial charge in [-0.05, 0) is 74.7 Å². The monoisotopic (exact) mass is 661 g/mol. The van der Waals surface area contributed by atoms with Crippen LogP contribution in [-0.2, 0) is 14.8 Å². The van der Waals surface area contributed by atoms with E-state index in [0.717, 1.165) is 30.1 Å². The highest BCUT2D eigenvalue weighted by Gasteiger charge is 2.29. The summed E-state index contributed by atoms with van der Waals surface area (Å²) in [5, 5.41) is 3.12. The Bertz CT molecular complexity index is 2100. The van der Waals surface area contributed by atoms with Crippen LogP contribution in [0.15, 0.2) is 65.3 Å². The molecule has 3 aromatic carbocycles. The Morgan fingerprint density at radius 3 is 2.51 bits per heavy atom. The molecule has 2 aromatic heterocycles. The fourth-order valence-corrected chi connectivity index (χ4v) is 6.57. The van der Waals surface area contributed by atoms with Crippen LogP contribution in [0, 0.1) is 5.82 Å². The normalized spacial score (nSPS) is 15.4. The van der Waals surface area contributed by atoms with Gasteiger partial charge in [-0.2, -0.15) is 0 Å². The number of amides is 2. The van der Waals surface area contributed by atoms with Gasteiger partial charge in [0.1, 0.15) is 17.2 Å². The molecule has 2 amide bonds. The summed E-state index contributed by atoms with van der Waals surface area (Å²) in [7, 11) is -0.749. The van der Waals surface area contributed by atoms with E-state index in [1.807, 2.05) is 36.6 Å². The highest BCUT2D eigenvalue weighted by molar-refractivity contribution is 7.92. The Morgan fingerprint density at radius 1 is 1.11 bits per heavy atom. The van der Waals surface area contributed by atoms with Gasteiger partial charge in [-0.15, -0.1) is 0 Å². The maximum Gasteiger partial charge on any atom is 0.410 e. The molecule has 5 aromatic rings. The summed E-state index contributed by atoms with van der Waals surface area (Å²) < 4.78 is 54.3. The van der Waals surface area contributed by atoms with Gasteiger partial charge in [-0.1, -0.05) is 6.07 Å². The van der Waals surface area contributed by atoms with Gasteiger partial charge < -0.3 is 23.9 Å². The molecule has 1 atom stereocenters. The number of imidazole rings is 1. The summed E-state index contributed by atoms with van der Waals surface area (Å²) in [6.07, 6.45) is 3.95.